The number of nitrogens with one attached hydrogen (secondary N) is 1. The molecule has 0 bridgehead atoms. The van der Waals surface area contributed by atoms with E-state index < -0.39 is 0 Å². The van der Waals surface area contributed by atoms with E-state index in [1.807, 2.05) is 0 Å². The molecule has 1 aromatic rings. The molecule has 23 heavy (non-hydrogen) atoms. The molecule has 1 saturated carbocycles. The summed E-state index contributed by atoms with van der Waals surface area (Å²) in [7, 11) is 0. The number of benzene rings is 1. The largest absolute Gasteiger partial charge is 0.391 e. The maximum absolute atomic E-state index is 11.8. The van der Waals surface area contributed by atoms with Crippen LogP contribution in [0.1, 0.15) is 43.7 Å². The summed E-state index contributed by atoms with van der Waals surface area (Å²) < 4.78 is 0. The molecular formula is C19H26N2O2. The predicted octanol–water partition coefficient (Wildman–Crippen LogP) is 3.07. The first-order valence-corrected chi connectivity index (χ1v) is 8.56. The molecule has 4 heteroatoms. The first-order chi connectivity index (χ1) is 11.0. The normalized spacial score (nSPS) is 26.2. The van der Waals surface area contributed by atoms with Gasteiger partial charge in [0, 0.05) is 13.1 Å². The Bertz CT molecular complexity index is 626. The van der Waals surface area contributed by atoms with E-state index in [2.05, 4.69) is 42.8 Å². The van der Waals surface area contributed by atoms with Crippen LogP contribution in [0.25, 0.3) is 0 Å². The Morgan fingerprint density at radius 2 is 2.26 bits per heavy atom. The Hall–Kier alpha value is -1.81. The summed E-state index contributed by atoms with van der Waals surface area (Å²) in [6.45, 7) is 9.43. The van der Waals surface area contributed by atoms with Crippen molar-refractivity contribution in [3.8, 4) is 0 Å². The van der Waals surface area contributed by atoms with Gasteiger partial charge in [0.25, 0.3) is 0 Å². The van der Waals surface area contributed by atoms with E-state index in [4.69, 9.17) is 0 Å². The summed E-state index contributed by atoms with van der Waals surface area (Å²) >= 11 is 0. The van der Waals surface area contributed by atoms with Crippen LogP contribution in [0, 0.1) is 5.92 Å². The SMILES string of the molecule is C=CC(=O)Nc1cc(CC)c(C2CC2C)cc1N1CCC(O)C1. The topological polar surface area (TPSA) is 52.6 Å². The molecule has 2 aliphatic rings. The quantitative estimate of drug-likeness (QED) is 0.821. The third kappa shape index (κ3) is 3.27. The van der Waals surface area contributed by atoms with Crippen LogP contribution >= 0.6 is 0 Å². The van der Waals surface area contributed by atoms with Crippen molar-refractivity contribution in [2.24, 2.45) is 5.92 Å². The summed E-state index contributed by atoms with van der Waals surface area (Å²) in [6.07, 6.45) is 3.99. The summed E-state index contributed by atoms with van der Waals surface area (Å²) in [6, 6.07) is 4.35. The highest BCUT2D eigenvalue weighted by atomic mass is 16.3. The summed E-state index contributed by atoms with van der Waals surface area (Å²) in [5, 5.41) is 12.8. The second-order valence-electron chi connectivity index (χ2n) is 6.82. The van der Waals surface area contributed by atoms with Gasteiger partial charge in [-0.2, -0.15) is 0 Å². The molecule has 3 atom stereocenters. The number of nitrogens with zero attached hydrogens (tertiary/aromatic N) is 1. The van der Waals surface area contributed by atoms with Crippen molar-refractivity contribution in [2.75, 3.05) is 23.3 Å². The van der Waals surface area contributed by atoms with E-state index in [9.17, 15) is 9.90 Å². The van der Waals surface area contributed by atoms with Gasteiger partial charge in [-0.1, -0.05) is 20.4 Å². The fourth-order valence-electron chi connectivity index (χ4n) is 3.56. The molecule has 1 aliphatic heterocycles. The minimum absolute atomic E-state index is 0.194. The number of hydrogen-bond acceptors (Lipinski definition) is 3. The number of carbonyl (C=O) groups excluding carboxylic acids is 1. The van der Waals surface area contributed by atoms with Gasteiger partial charge in [0.15, 0.2) is 0 Å². The van der Waals surface area contributed by atoms with Crippen molar-refractivity contribution >= 4 is 17.3 Å². The number of aliphatic hydroxyl groups excluding tert-OH is 1. The number of rotatable bonds is 5. The molecule has 1 amide bonds. The number of aliphatic hydroxyl groups is 1. The Labute approximate surface area is 138 Å². The molecule has 2 N–H and O–H groups in total. The van der Waals surface area contributed by atoms with Crippen molar-refractivity contribution in [2.45, 2.75) is 45.1 Å². The monoisotopic (exact) mass is 314 g/mol. The zero-order valence-corrected chi connectivity index (χ0v) is 14.0. The van der Waals surface area contributed by atoms with Gasteiger partial charge < -0.3 is 15.3 Å². The lowest BCUT2D eigenvalue weighted by atomic mass is 9.97. The number of β-amino-alcohol motifs (C(OH)–C–C–N with tert-alkyl or cyclic N) is 1. The highest BCUT2D eigenvalue weighted by Gasteiger charge is 2.36. The lowest BCUT2D eigenvalue weighted by molar-refractivity contribution is -0.111. The average molecular weight is 314 g/mol. The maximum atomic E-state index is 11.8. The van der Waals surface area contributed by atoms with Gasteiger partial charge in [-0.3, -0.25) is 4.79 Å². The molecule has 1 aromatic carbocycles. The molecule has 2 fully saturated rings. The van der Waals surface area contributed by atoms with Crippen LogP contribution in [0.3, 0.4) is 0 Å². The zero-order valence-electron chi connectivity index (χ0n) is 14.0. The average Bonchev–Trinajstić information content (AvgIpc) is 3.11. The first-order valence-electron chi connectivity index (χ1n) is 8.56. The third-order valence-electron chi connectivity index (χ3n) is 5.09. The first kappa shape index (κ1) is 16.1. The molecule has 3 rings (SSSR count). The van der Waals surface area contributed by atoms with Gasteiger partial charge in [-0.05, 0) is 60.4 Å². The smallest absolute Gasteiger partial charge is 0.247 e. The predicted molar refractivity (Wildman–Crippen MR) is 94.0 cm³/mol. The number of hydrogen-bond donors (Lipinski definition) is 2. The minimum Gasteiger partial charge on any atom is -0.391 e. The molecule has 124 valence electrons. The number of anilines is 2. The second kappa shape index (κ2) is 6.36. The van der Waals surface area contributed by atoms with Crippen LogP contribution < -0.4 is 10.2 Å². The molecule has 1 aliphatic carbocycles. The van der Waals surface area contributed by atoms with Crippen LogP contribution in [0.4, 0.5) is 11.4 Å². The Balaban J connectivity index is 2.01. The lowest BCUT2D eigenvalue weighted by Crippen LogP contribution is -2.23. The number of carbonyl (C=O) groups is 1. The van der Waals surface area contributed by atoms with Gasteiger partial charge in [0.2, 0.25) is 5.91 Å². The van der Waals surface area contributed by atoms with Gasteiger partial charge in [0.1, 0.15) is 0 Å². The van der Waals surface area contributed by atoms with Gasteiger partial charge in [-0.25, -0.2) is 0 Å². The number of aryl methyl sites for hydroxylation is 1. The van der Waals surface area contributed by atoms with Gasteiger partial charge in [-0.15, -0.1) is 0 Å². The summed E-state index contributed by atoms with van der Waals surface area (Å²) in [4.78, 5) is 14.0. The van der Waals surface area contributed by atoms with Crippen LogP contribution in [-0.4, -0.2) is 30.2 Å². The third-order valence-corrected chi connectivity index (χ3v) is 5.09. The lowest BCUT2D eigenvalue weighted by Gasteiger charge is -2.24. The van der Waals surface area contributed by atoms with Gasteiger partial charge in [0.05, 0.1) is 17.5 Å². The standard InChI is InChI=1S/C19H26N2O2/c1-4-13-9-17(20-19(23)5-2)18(21-7-6-14(22)11-21)10-16(13)15-8-12(15)3/h5,9-10,12,14-15,22H,2,4,6-8,11H2,1,3H3,(H,20,23). The van der Waals surface area contributed by atoms with Crippen molar-refractivity contribution < 1.29 is 9.90 Å². The molecular weight excluding hydrogens is 288 g/mol. The van der Waals surface area contributed by atoms with E-state index in [0.29, 0.717) is 12.5 Å². The van der Waals surface area contributed by atoms with Crippen LogP contribution in [-0.2, 0) is 11.2 Å². The zero-order chi connectivity index (χ0) is 16.6. The molecule has 4 nitrogen and oxygen atoms in total. The van der Waals surface area contributed by atoms with E-state index in [0.717, 1.165) is 36.7 Å². The molecule has 1 heterocycles. The van der Waals surface area contributed by atoms with E-state index >= 15 is 0 Å². The molecule has 0 spiro atoms. The van der Waals surface area contributed by atoms with Crippen molar-refractivity contribution in [3.63, 3.8) is 0 Å². The molecule has 0 radical (unpaired) electrons. The fourth-order valence-corrected chi connectivity index (χ4v) is 3.56. The molecule has 3 unspecified atom stereocenters. The summed E-state index contributed by atoms with van der Waals surface area (Å²) in [5.41, 5.74) is 4.58. The Kier molecular flexibility index (Phi) is 4.44. The highest BCUT2D eigenvalue weighted by molar-refractivity contribution is 6.01. The number of amides is 1. The minimum atomic E-state index is -0.285. The van der Waals surface area contributed by atoms with E-state index in [-0.39, 0.29) is 12.0 Å². The van der Waals surface area contributed by atoms with Crippen LogP contribution in [0.15, 0.2) is 24.8 Å². The Morgan fingerprint density at radius 3 is 2.78 bits per heavy atom. The molecule has 0 aromatic heterocycles. The van der Waals surface area contributed by atoms with Crippen molar-refractivity contribution in [1.29, 1.82) is 0 Å². The van der Waals surface area contributed by atoms with Crippen molar-refractivity contribution in [1.82, 2.24) is 0 Å². The summed E-state index contributed by atoms with van der Waals surface area (Å²) in [5.74, 6) is 1.19. The van der Waals surface area contributed by atoms with E-state index in [1.54, 1.807) is 0 Å². The molecule has 1 saturated heterocycles. The Morgan fingerprint density at radius 1 is 1.52 bits per heavy atom. The fraction of sp³-hybridized carbons (Fsp3) is 0.526. The van der Waals surface area contributed by atoms with E-state index in [1.165, 1.54) is 23.6 Å². The van der Waals surface area contributed by atoms with Crippen LogP contribution in [0.5, 0.6) is 0 Å². The van der Waals surface area contributed by atoms with Crippen LogP contribution in [0.2, 0.25) is 0 Å². The maximum Gasteiger partial charge on any atom is 0.247 e. The van der Waals surface area contributed by atoms with Crippen molar-refractivity contribution in [3.05, 3.63) is 35.9 Å². The van der Waals surface area contributed by atoms with Gasteiger partial charge >= 0.3 is 0 Å². The highest BCUT2D eigenvalue weighted by Crippen LogP contribution is 2.50. The second-order valence-corrected chi connectivity index (χ2v) is 6.82.